The van der Waals surface area contributed by atoms with Gasteiger partial charge in [-0.05, 0) is 24.1 Å². The first-order valence-electron chi connectivity index (χ1n) is 7.58. The van der Waals surface area contributed by atoms with E-state index in [1.165, 1.54) is 0 Å². The fourth-order valence-corrected chi connectivity index (χ4v) is 2.50. The Bertz CT molecular complexity index is 619. The lowest BCUT2D eigenvalue weighted by molar-refractivity contribution is 0.174. The van der Waals surface area contributed by atoms with Gasteiger partial charge in [-0.25, -0.2) is 0 Å². The molecule has 2 aromatic carbocycles. The Morgan fingerprint density at radius 2 is 1.91 bits per heavy atom. The van der Waals surface area contributed by atoms with Crippen molar-refractivity contribution in [3.05, 3.63) is 58.6 Å². The molecule has 0 saturated carbocycles. The number of benzene rings is 2. The Kier molecular flexibility index (Phi) is 6.71. The zero-order valence-corrected chi connectivity index (χ0v) is 14.1. The summed E-state index contributed by atoms with van der Waals surface area (Å²) in [6.07, 6.45) is -0.556. The van der Waals surface area contributed by atoms with Crippen molar-refractivity contribution in [3.8, 4) is 11.5 Å². The number of aliphatic hydroxyl groups excluding tert-OH is 1. The van der Waals surface area contributed by atoms with Crippen LogP contribution in [0.3, 0.4) is 0 Å². The van der Waals surface area contributed by atoms with E-state index in [-0.39, 0.29) is 0 Å². The van der Waals surface area contributed by atoms with E-state index in [4.69, 9.17) is 21.1 Å². The third kappa shape index (κ3) is 4.86. The third-order valence-electron chi connectivity index (χ3n) is 3.47. The maximum absolute atomic E-state index is 10.1. The standard InChI is InChI=1S/C18H22ClNO3/c1-3-23-18-10-15(19)14(9-17(18)22-2)11-20-12-16(21)13-7-5-4-6-8-13/h4-10,16,20-21H,3,11-12H2,1-2H3. The Hall–Kier alpha value is -1.75. The van der Waals surface area contributed by atoms with Crippen molar-refractivity contribution >= 4 is 11.6 Å². The minimum atomic E-state index is -0.556. The molecule has 0 fully saturated rings. The van der Waals surface area contributed by atoms with Gasteiger partial charge in [0.05, 0.1) is 19.8 Å². The molecule has 4 nitrogen and oxygen atoms in total. The van der Waals surface area contributed by atoms with E-state index >= 15 is 0 Å². The second-order valence-corrected chi connectivity index (χ2v) is 5.49. The van der Waals surface area contributed by atoms with E-state index in [9.17, 15) is 5.11 Å². The zero-order valence-electron chi connectivity index (χ0n) is 13.4. The Labute approximate surface area is 142 Å². The molecule has 0 bridgehead atoms. The highest BCUT2D eigenvalue weighted by molar-refractivity contribution is 6.31. The van der Waals surface area contributed by atoms with Crippen molar-refractivity contribution in [3.63, 3.8) is 0 Å². The molecule has 0 aliphatic rings. The van der Waals surface area contributed by atoms with Crippen LogP contribution in [0.2, 0.25) is 5.02 Å². The summed E-state index contributed by atoms with van der Waals surface area (Å²) in [6, 6.07) is 13.2. The van der Waals surface area contributed by atoms with E-state index in [0.717, 1.165) is 11.1 Å². The third-order valence-corrected chi connectivity index (χ3v) is 3.82. The highest BCUT2D eigenvalue weighted by Gasteiger charge is 2.11. The minimum absolute atomic E-state index is 0.440. The average Bonchev–Trinajstić information content (AvgIpc) is 2.57. The zero-order chi connectivity index (χ0) is 16.7. The molecule has 1 atom stereocenters. The Morgan fingerprint density at radius 3 is 2.57 bits per heavy atom. The van der Waals surface area contributed by atoms with Gasteiger partial charge in [0.25, 0.3) is 0 Å². The molecule has 23 heavy (non-hydrogen) atoms. The number of halogens is 1. The average molecular weight is 336 g/mol. The number of methoxy groups -OCH3 is 1. The largest absolute Gasteiger partial charge is 0.493 e. The van der Waals surface area contributed by atoms with Gasteiger partial charge >= 0.3 is 0 Å². The first kappa shape index (κ1) is 17.6. The van der Waals surface area contributed by atoms with Crippen LogP contribution in [0.15, 0.2) is 42.5 Å². The van der Waals surface area contributed by atoms with Gasteiger partial charge in [-0.2, -0.15) is 0 Å². The van der Waals surface area contributed by atoms with Crippen LogP contribution in [0.4, 0.5) is 0 Å². The molecule has 1 unspecified atom stereocenters. The van der Waals surface area contributed by atoms with Crippen LogP contribution in [0.25, 0.3) is 0 Å². The van der Waals surface area contributed by atoms with Gasteiger partial charge in [0.1, 0.15) is 0 Å². The summed E-state index contributed by atoms with van der Waals surface area (Å²) in [5, 5.41) is 14.0. The van der Waals surface area contributed by atoms with Crippen molar-refractivity contribution < 1.29 is 14.6 Å². The predicted molar refractivity (Wildman–Crippen MR) is 92.3 cm³/mol. The van der Waals surface area contributed by atoms with Gasteiger partial charge in [0.15, 0.2) is 11.5 Å². The predicted octanol–water partition coefficient (Wildman–Crippen LogP) is 3.57. The van der Waals surface area contributed by atoms with Gasteiger partial charge in [-0.3, -0.25) is 0 Å². The number of aliphatic hydroxyl groups is 1. The summed E-state index contributed by atoms with van der Waals surface area (Å²) < 4.78 is 10.8. The van der Waals surface area contributed by atoms with Crippen molar-refractivity contribution in [2.24, 2.45) is 0 Å². The summed E-state index contributed by atoms with van der Waals surface area (Å²) in [5.41, 5.74) is 1.78. The molecule has 0 aliphatic heterocycles. The lowest BCUT2D eigenvalue weighted by atomic mass is 10.1. The summed E-state index contributed by atoms with van der Waals surface area (Å²) in [4.78, 5) is 0. The molecule has 0 aliphatic carbocycles. The van der Waals surface area contributed by atoms with E-state index < -0.39 is 6.10 Å². The first-order chi connectivity index (χ1) is 11.2. The maximum Gasteiger partial charge on any atom is 0.162 e. The monoisotopic (exact) mass is 335 g/mol. The molecule has 0 heterocycles. The molecular weight excluding hydrogens is 314 g/mol. The summed E-state index contributed by atoms with van der Waals surface area (Å²) in [7, 11) is 1.60. The lowest BCUT2D eigenvalue weighted by Crippen LogP contribution is -2.21. The van der Waals surface area contributed by atoms with Crippen molar-refractivity contribution in [1.29, 1.82) is 0 Å². The van der Waals surface area contributed by atoms with Crippen LogP contribution >= 0.6 is 11.6 Å². The smallest absolute Gasteiger partial charge is 0.162 e. The summed E-state index contributed by atoms with van der Waals surface area (Å²) in [5.74, 6) is 1.28. The number of ether oxygens (including phenoxy) is 2. The van der Waals surface area contributed by atoms with Crippen LogP contribution < -0.4 is 14.8 Å². The quantitative estimate of drug-likeness (QED) is 0.774. The van der Waals surface area contributed by atoms with Gasteiger partial charge in [0.2, 0.25) is 0 Å². The normalized spacial score (nSPS) is 12.0. The van der Waals surface area contributed by atoms with Crippen molar-refractivity contribution in [1.82, 2.24) is 5.32 Å². The molecule has 0 spiro atoms. The fraction of sp³-hybridized carbons (Fsp3) is 0.333. The van der Waals surface area contributed by atoms with Gasteiger partial charge in [-0.1, -0.05) is 41.9 Å². The molecule has 2 N–H and O–H groups in total. The van der Waals surface area contributed by atoms with Gasteiger partial charge in [0, 0.05) is 24.2 Å². The summed E-state index contributed by atoms with van der Waals surface area (Å²) in [6.45, 7) is 3.43. The molecule has 0 saturated heterocycles. The highest BCUT2D eigenvalue weighted by Crippen LogP contribution is 2.33. The Morgan fingerprint density at radius 1 is 1.17 bits per heavy atom. The van der Waals surface area contributed by atoms with E-state index in [1.807, 2.05) is 43.3 Å². The molecule has 5 heteroatoms. The fourth-order valence-electron chi connectivity index (χ4n) is 2.28. The minimum Gasteiger partial charge on any atom is -0.493 e. The highest BCUT2D eigenvalue weighted by atomic mass is 35.5. The lowest BCUT2D eigenvalue weighted by Gasteiger charge is -2.15. The SMILES string of the molecule is CCOc1cc(Cl)c(CNCC(O)c2ccccc2)cc1OC. The first-order valence-corrected chi connectivity index (χ1v) is 7.96. The molecule has 0 radical (unpaired) electrons. The number of nitrogens with one attached hydrogen (secondary N) is 1. The molecule has 2 rings (SSSR count). The molecule has 0 amide bonds. The maximum atomic E-state index is 10.1. The second kappa shape index (κ2) is 8.77. The van der Waals surface area contributed by atoms with Crippen LogP contribution in [-0.4, -0.2) is 25.4 Å². The summed E-state index contributed by atoms with van der Waals surface area (Å²) >= 11 is 6.29. The topological polar surface area (TPSA) is 50.7 Å². The van der Waals surface area contributed by atoms with Crippen LogP contribution in [0, 0.1) is 0 Å². The van der Waals surface area contributed by atoms with Gasteiger partial charge in [-0.15, -0.1) is 0 Å². The molecule has 124 valence electrons. The number of hydrogen-bond acceptors (Lipinski definition) is 4. The molecular formula is C18H22ClNO3. The molecule has 2 aromatic rings. The van der Waals surface area contributed by atoms with Crippen molar-refractivity contribution in [2.45, 2.75) is 19.6 Å². The Balaban J connectivity index is 1.97. The van der Waals surface area contributed by atoms with Crippen molar-refractivity contribution in [2.75, 3.05) is 20.3 Å². The van der Waals surface area contributed by atoms with E-state index in [2.05, 4.69) is 5.32 Å². The number of rotatable bonds is 8. The van der Waals surface area contributed by atoms with Crippen LogP contribution in [0.1, 0.15) is 24.2 Å². The van der Waals surface area contributed by atoms with E-state index in [0.29, 0.717) is 36.2 Å². The molecule has 0 aromatic heterocycles. The number of hydrogen-bond donors (Lipinski definition) is 2. The van der Waals surface area contributed by atoms with Crippen LogP contribution in [-0.2, 0) is 6.54 Å². The van der Waals surface area contributed by atoms with Crippen LogP contribution in [0.5, 0.6) is 11.5 Å². The second-order valence-electron chi connectivity index (χ2n) is 5.08. The van der Waals surface area contributed by atoms with Gasteiger partial charge < -0.3 is 19.9 Å². The van der Waals surface area contributed by atoms with E-state index in [1.54, 1.807) is 13.2 Å².